The molecule has 2 rings (SSSR count). The fourth-order valence-corrected chi connectivity index (χ4v) is 2.30. The molecule has 0 saturated carbocycles. The Morgan fingerprint density at radius 3 is 2.40 bits per heavy atom. The van der Waals surface area contributed by atoms with Crippen molar-refractivity contribution in [3.8, 4) is 5.75 Å². The van der Waals surface area contributed by atoms with E-state index in [1.807, 2.05) is 62.4 Å². The van der Waals surface area contributed by atoms with Gasteiger partial charge in [-0.2, -0.15) is 0 Å². The minimum Gasteiger partial charge on any atom is -0.496 e. The van der Waals surface area contributed by atoms with Gasteiger partial charge in [0.15, 0.2) is 0 Å². The van der Waals surface area contributed by atoms with Crippen LogP contribution in [0.15, 0.2) is 48.5 Å². The van der Waals surface area contributed by atoms with Crippen LogP contribution in [0.4, 0.5) is 5.69 Å². The number of hydrogen-bond acceptors (Lipinski definition) is 3. The molecule has 0 aliphatic carbocycles. The molecule has 0 amide bonds. The van der Waals surface area contributed by atoms with E-state index in [1.54, 1.807) is 7.11 Å². The van der Waals surface area contributed by atoms with E-state index in [4.69, 9.17) is 4.74 Å². The molecule has 0 spiro atoms. The van der Waals surface area contributed by atoms with Crippen molar-refractivity contribution in [1.82, 2.24) is 0 Å². The molecule has 2 N–H and O–H groups in total. The number of aryl methyl sites for hydroxylation is 1. The normalized spacial score (nSPS) is 13.6. The van der Waals surface area contributed by atoms with E-state index >= 15 is 0 Å². The number of hydrogen-bond donors (Lipinski definition) is 2. The van der Waals surface area contributed by atoms with E-state index in [-0.39, 0.29) is 6.61 Å². The van der Waals surface area contributed by atoms with E-state index in [9.17, 15) is 5.11 Å². The first kappa shape index (κ1) is 14.4. The van der Waals surface area contributed by atoms with E-state index in [2.05, 4.69) is 5.32 Å². The standard InChI is InChI=1S/C17H21NO2/c1-13-8-4-6-10-15(13)18-17(2,12-19)14-9-5-7-11-16(14)20-3/h4-11,18-19H,12H2,1-3H3. The van der Waals surface area contributed by atoms with E-state index in [0.29, 0.717) is 0 Å². The van der Waals surface area contributed by atoms with Crippen LogP contribution < -0.4 is 10.1 Å². The Hall–Kier alpha value is -2.00. The van der Waals surface area contributed by atoms with Gasteiger partial charge in [0, 0.05) is 11.3 Å². The van der Waals surface area contributed by atoms with Crippen LogP contribution in [-0.2, 0) is 5.54 Å². The second-order valence-corrected chi connectivity index (χ2v) is 5.13. The van der Waals surface area contributed by atoms with Gasteiger partial charge in [-0.1, -0.05) is 36.4 Å². The maximum atomic E-state index is 9.89. The van der Waals surface area contributed by atoms with Gasteiger partial charge in [0.2, 0.25) is 0 Å². The van der Waals surface area contributed by atoms with Crippen LogP contribution in [0, 0.1) is 6.92 Å². The van der Waals surface area contributed by atoms with Gasteiger partial charge in [-0.15, -0.1) is 0 Å². The van der Waals surface area contributed by atoms with Crippen molar-refractivity contribution in [2.24, 2.45) is 0 Å². The maximum Gasteiger partial charge on any atom is 0.124 e. The molecular formula is C17H21NO2. The van der Waals surface area contributed by atoms with Crippen molar-refractivity contribution in [2.75, 3.05) is 19.0 Å². The van der Waals surface area contributed by atoms with Crippen molar-refractivity contribution in [3.63, 3.8) is 0 Å². The van der Waals surface area contributed by atoms with Crippen molar-refractivity contribution >= 4 is 5.69 Å². The van der Waals surface area contributed by atoms with Gasteiger partial charge in [0.1, 0.15) is 5.75 Å². The van der Waals surface area contributed by atoms with E-state index < -0.39 is 5.54 Å². The number of benzene rings is 2. The summed E-state index contributed by atoms with van der Waals surface area (Å²) < 4.78 is 5.41. The third-order valence-electron chi connectivity index (χ3n) is 3.57. The number of aliphatic hydroxyl groups excluding tert-OH is 1. The highest BCUT2D eigenvalue weighted by atomic mass is 16.5. The van der Waals surface area contributed by atoms with Crippen molar-refractivity contribution < 1.29 is 9.84 Å². The summed E-state index contributed by atoms with van der Waals surface area (Å²) in [6, 6.07) is 15.8. The second-order valence-electron chi connectivity index (χ2n) is 5.13. The molecule has 0 bridgehead atoms. The summed E-state index contributed by atoms with van der Waals surface area (Å²) in [5, 5.41) is 13.3. The van der Waals surface area contributed by atoms with Crippen LogP contribution in [0.25, 0.3) is 0 Å². The first-order valence-corrected chi connectivity index (χ1v) is 6.69. The molecule has 3 nitrogen and oxygen atoms in total. The zero-order chi connectivity index (χ0) is 14.6. The molecule has 2 aromatic carbocycles. The lowest BCUT2D eigenvalue weighted by atomic mass is 9.91. The maximum absolute atomic E-state index is 9.89. The smallest absolute Gasteiger partial charge is 0.124 e. The Morgan fingerprint density at radius 2 is 1.75 bits per heavy atom. The van der Waals surface area contributed by atoms with Crippen LogP contribution >= 0.6 is 0 Å². The van der Waals surface area contributed by atoms with Crippen LogP contribution in [0.2, 0.25) is 0 Å². The van der Waals surface area contributed by atoms with Gasteiger partial charge in [0.25, 0.3) is 0 Å². The number of aliphatic hydroxyl groups is 1. The van der Waals surface area contributed by atoms with Crippen molar-refractivity contribution in [1.29, 1.82) is 0 Å². The minimum absolute atomic E-state index is 0.0261. The fraction of sp³-hybridized carbons (Fsp3) is 0.294. The lowest BCUT2D eigenvalue weighted by molar-refractivity contribution is 0.220. The van der Waals surface area contributed by atoms with Crippen LogP contribution in [0.1, 0.15) is 18.1 Å². The fourth-order valence-electron chi connectivity index (χ4n) is 2.30. The Balaban J connectivity index is 2.41. The monoisotopic (exact) mass is 271 g/mol. The number of nitrogens with one attached hydrogen (secondary N) is 1. The molecule has 0 fully saturated rings. The van der Waals surface area contributed by atoms with Crippen molar-refractivity contribution in [3.05, 3.63) is 59.7 Å². The average molecular weight is 271 g/mol. The molecule has 0 heterocycles. The lowest BCUT2D eigenvalue weighted by Crippen LogP contribution is -2.36. The third kappa shape index (κ3) is 2.78. The summed E-state index contributed by atoms with van der Waals surface area (Å²) in [6.07, 6.45) is 0. The number of ether oxygens (including phenoxy) is 1. The first-order chi connectivity index (χ1) is 9.60. The highest BCUT2D eigenvalue weighted by molar-refractivity contribution is 5.55. The molecule has 3 heteroatoms. The Labute approximate surface area is 120 Å². The molecule has 0 saturated heterocycles. The molecule has 2 aromatic rings. The Morgan fingerprint density at radius 1 is 1.10 bits per heavy atom. The summed E-state index contributed by atoms with van der Waals surface area (Å²) >= 11 is 0. The van der Waals surface area contributed by atoms with Gasteiger partial charge in [0.05, 0.1) is 19.3 Å². The minimum atomic E-state index is -0.598. The quantitative estimate of drug-likeness (QED) is 0.876. The van der Waals surface area contributed by atoms with Crippen molar-refractivity contribution in [2.45, 2.75) is 19.4 Å². The zero-order valence-electron chi connectivity index (χ0n) is 12.2. The summed E-state index contributed by atoms with van der Waals surface area (Å²) in [5.74, 6) is 0.769. The largest absolute Gasteiger partial charge is 0.496 e. The Bertz CT molecular complexity index is 583. The lowest BCUT2D eigenvalue weighted by Gasteiger charge is -2.32. The number of anilines is 1. The van der Waals surface area contributed by atoms with Gasteiger partial charge in [-0.25, -0.2) is 0 Å². The molecule has 0 aromatic heterocycles. The van der Waals surface area contributed by atoms with Gasteiger partial charge in [-0.05, 0) is 31.5 Å². The molecule has 0 aliphatic heterocycles. The summed E-state index contributed by atoms with van der Waals surface area (Å²) in [4.78, 5) is 0. The number of rotatable bonds is 5. The number of methoxy groups -OCH3 is 1. The highest BCUT2D eigenvalue weighted by Crippen LogP contribution is 2.33. The zero-order valence-corrected chi connectivity index (χ0v) is 12.2. The summed E-state index contributed by atoms with van der Waals surface area (Å²) in [6.45, 7) is 3.99. The topological polar surface area (TPSA) is 41.5 Å². The Kier molecular flexibility index (Phi) is 4.30. The van der Waals surface area contributed by atoms with Crippen LogP contribution in [0.3, 0.4) is 0 Å². The summed E-state index contributed by atoms with van der Waals surface area (Å²) in [5.41, 5.74) is 2.49. The summed E-state index contributed by atoms with van der Waals surface area (Å²) in [7, 11) is 1.64. The molecule has 0 radical (unpaired) electrons. The number of para-hydroxylation sites is 2. The third-order valence-corrected chi connectivity index (χ3v) is 3.57. The molecule has 1 atom stereocenters. The van der Waals surface area contributed by atoms with E-state index in [0.717, 1.165) is 22.6 Å². The van der Waals surface area contributed by atoms with Gasteiger partial charge >= 0.3 is 0 Å². The SMILES string of the molecule is COc1ccccc1C(C)(CO)Nc1ccccc1C. The van der Waals surface area contributed by atoms with E-state index in [1.165, 1.54) is 0 Å². The van der Waals surface area contributed by atoms with Gasteiger partial charge < -0.3 is 15.2 Å². The molecular weight excluding hydrogens is 250 g/mol. The van der Waals surface area contributed by atoms with Gasteiger partial charge in [-0.3, -0.25) is 0 Å². The van der Waals surface area contributed by atoms with Crippen LogP contribution in [0.5, 0.6) is 5.75 Å². The molecule has 1 unspecified atom stereocenters. The highest BCUT2D eigenvalue weighted by Gasteiger charge is 2.29. The average Bonchev–Trinajstić information content (AvgIpc) is 2.49. The molecule has 20 heavy (non-hydrogen) atoms. The predicted molar refractivity (Wildman–Crippen MR) is 82.2 cm³/mol. The molecule has 0 aliphatic rings. The van der Waals surface area contributed by atoms with Crippen LogP contribution in [-0.4, -0.2) is 18.8 Å². The first-order valence-electron chi connectivity index (χ1n) is 6.69. The predicted octanol–water partition coefficient (Wildman–Crippen LogP) is 3.32. The molecule has 106 valence electrons. The second kappa shape index (κ2) is 5.97.